The highest BCUT2D eigenvalue weighted by molar-refractivity contribution is 6.46. The van der Waals surface area contributed by atoms with Crippen LogP contribution in [0.15, 0.2) is 48.0 Å². The minimum Gasteiger partial charge on any atom is -0.507 e. The summed E-state index contributed by atoms with van der Waals surface area (Å²) in [4.78, 5) is 28.5. The first-order chi connectivity index (χ1) is 16.2. The molecule has 1 heterocycles. The van der Waals surface area contributed by atoms with Gasteiger partial charge in [0.1, 0.15) is 17.3 Å². The number of rotatable bonds is 5. The van der Waals surface area contributed by atoms with Gasteiger partial charge in [0, 0.05) is 11.6 Å². The van der Waals surface area contributed by atoms with Crippen LogP contribution >= 0.6 is 0 Å². The number of ether oxygens (including phenoxy) is 2. The molecule has 0 spiro atoms. The first-order valence-corrected chi connectivity index (χ1v) is 11.8. The molecule has 4 rings (SSSR count). The standard InChI is InChI=1S/C28H33NO5/c1-28(2,3)17-14-15-22(34-5)20(16-17)25(30)23-24(19-12-8-9-13-21(19)33-4)29(27(32)26(23)31)18-10-6-7-11-18/h8-9,12-16,18,24,30H,6-7,10-11H2,1-5H3/b25-23+. The van der Waals surface area contributed by atoms with Gasteiger partial charge in [0.15, 0.2) is 0 Å². The van der Waals surface area contributed by atoms with Crippen LogP contribution in [0.2, 0.25) is 0 Å². The van der Waals surface area contributed by atoms with Crippen molar-refractivity contribution in [3.05, 3.63) is 64.7 Å². The predicted octanol–water partition coefficient (Wildman–Crippen LogP) is 5.37. The van der Waals surface area contributed by atoms with Crippen molar-refractivity contribution < 1.29 is 24.2 Å². The lowest BCUT2D eigenvalue weighted by molar-refractivity contribution is -0.141. The predicted molar refractivity (Wildman–Crippen MR) is 131 cm³/mol. The van der Waals surface area contributed by atoms with Crippen LogP contribution in [-0.2, 0) is 15.0 Å². The molecule has 6 nitrogen and oxygen atoms in total. The van der Waals surface area contributed by atoms with Gasteiger partial charge < -0.3 is 19.5 Å². The van der Waals surface area contributed by atoms with Crippen molar-refractivity contribution in [2.75, 3.05) is 14.2 Å². The van der Waals surface area contributed by atoms with E-state index in [-0.39, 0.29) is 22.8 Å². The molecule has 2 aromatic rings. The largest absolute Gasteiger partial charge is 0.507 e. The van der Waals surface area contributed by atoms with Crippen molar-refractivity contribution in [3.8, 4) is 11.5 Å². The number of Topliss-reactive ketones (excluding diaryl/α,β-unsaturated/α-hetero) is 1. The van der Waals surface area contributed by atoms with E-state index >= 15 is 0 Å². The molecule has 1 aliphatic heterocycles. The quantitative estimate of drug-likeness (QED) is 0.367. The summed E-state index contributed by atoms with van der Waals surface area (Å²) in [5.41, 5.74) is 1.96. The summed E-state index contributed by atoms with van der Waals surface area (Å²) in [5, 5.41) is 11.6. The minimum absolute atomic E-state index is 0.0560. The molecule has 1 N–H and O–H groups in total. The van der Waals surface area contributed by atoms with Crippen LogP contribution in [0.4, 0.5) is 0 Å². The van der Waals surface area contributed by atoms with Gasteiger partial charge in [0.25, 0.3) is 11.7 Å². The number of carbonyl (C=O) groups is 2. The van der Waals surface area contributed by atoms with Crippen LogP contribution < -0.4 is 9.47 Å². The number of para-hydroxylation sites is 1. The number of likely N-dealkylation sites (tertiary alicyclic amines) is 1. The molecular formula is C28H33NO5. The second-order valence-corrected chi connectivity index (χ2v) is 10.1. The number of nitrogens with zero attached hydrogens (tertiary/aromatic N) is 1. The van der Waals surface area contributed by atoms with Crippen LogP contribution in [0.25, 0.3) is 5.76 Å². The first-order valence-electron chi connectivity index (χ1n) is 11.8. The van der Waals surface area contributed by atoms with Gasteiger partial charge in [-0.3, -0.25) is 9.59 Å². The Morgan fingerprint density at radius 1 is 0.971 bits per heavy atom. The second-order valence-electron chi connectivity index (χ2n) is 10.1. The lowest BCUT2D eigenvalue weighted by Crippen LogP contribution is -2.37. The molecule has 2 aromatic carbocycles. The first kappa shape index (κ1) is 23.9. The Labute approximate surface area is 201 Å². The Morgan fingerprint density at radius 3 is 2.24 bits per heavy atom. The number of ketones is 1. The Balaban J connectivity index is 1.98. The summed E-state index contributed by atoms with van der Waals surface area (Å²) in [6, 6.07) is 12.2. The molecule has 0 aromatic heterocycles. The third-order valence-electron chi connectivity index (χ3n) is 6.95. The van der Waals surface area contributed by atoms with Gasteiger partial charge in [-0.15, -0.1) is 0 Å². The van der Waals surface area contributed by atoms with Crippen LogP contribution in [0.3, 0.4) is 0 Å². The zero-order valence-corrected chi connectivity index (χ0v) is 20.6. The molecule has 180 valence electrons. The van der Waals surface area contributed by atoms with Gasteiger partial charge in [-0.2, -0.15) is 0 Å². The molecule has 0 bridgehead atoms. The molecular weight excluding hydrogens is 430 g/mol. The van der Waals surface area contributed by atoms with Gasteiger partial charge in [0.05, 0.1) is 31.4 Å². The maximum Gasteiger partial charge on any atom is 0.295 e. The zero-order chi connectivity index (χ0) is 24.6. The van der Waals surface area contributed by atoms with Crippen molar-refractivity contribution in [2.24, 2.45) is 0 Å². The zero-order valence-electron chi connectivity index (χ0n) is 20.6. The monoisotopic (exact) mass is 463 g/mol. The molecule has 2 fully saturated rings. The van der Waals surface area contributed by atoms with Crippen LogP contribution in [0.5, 0.6) is 11.5 Å². The smallest absolute Gasteiger partial charge is 0.295 e. The van der Waals surface area contributed by atoms with E-state index in [1.807, 2.05) is 36.4 Å². The van der Waals surface area contributed by atoms with Gasteiger partial charge in [-0.25, -0.2) is 0 Å². The molecule has 1 unspecified atom stereocenters. The van der Waals surface area contributed by atoms with Gasteiger partial charge in [-0.05, 0) is 42.0 Å². The Hall–Kier alpha value is -3.28. The van der Waals surface area contributed by atoms with Crippen molar-refractivity contribution >= 4 is 17.4 Å². The number of methoxy groups -OCH3 is 2. The number of carbonyl (C=O) groups excluding carboxylic acids is 2. The molecule has 1 amide bonds. The van der Waals surface area contributed by atoms with Gasteiger partial charge >= 0.3 is 0 Å². The molecule has 1 aliphatic carbocycles. The van der Waals surface area contributed by atoms with E-state index in [1.165, 1.54) is 7.11 Å². The summed E-state index contributed by atoms with van der Waals surface area (Å²) in [6.45, 7) is 6.23. The van der Waals surface area contributed by atoms with E-state index in [9.17, 15) is 14.7 Å². The van der Waals surface area contributed by atoms with E-state index in [1.54, 1.807) is 18.1 Å². The number of amides is 1. The molecule has 34 heavy (non-hydrogen) atoms. The number of hydrogen-bond donors (Lipinski definition) is 1. The number of benzene rings is 2. The Morgan fingerprint density at radius 2 is 1.62 bits per heavy atom. The molecule has 6 heteroatoms. The van der Waals surface area contributed by atoms with E-state index in [2.05, 4.69) is 20.8 Å². The van der Waals surface area contributed by atoms with Crippen LogP contribution in [-0.4, -0.2) is 42.0 Å². The molecule has 2 aliphatic rings. The topological polar surface area (TPSA) is 76.1 Å². The normalized spacial score (nSPS) is 20.7. The van der Waals surface area contributed by atoms with Gasteiger partial charge in [-0.1, -0.05) is 57.9 Å². The highest BCUT2D eigenvalue weighted by Gasteiger charge is 2.50. The Bertz CT molecular complexity index is 1140. The summed E-state index contributed by atoms with van der Waals surface area (Å²) in [5.74, 6) is -0.466. The van der Waals surface area contributed by atoms with E-state index in [4.69, 9.17) is 9.47 Å². The van der Waals surface area contributed by atoms with E-state index in [0.29, 0.717) is 22.6 Å². The lowest BCUT2D eigenvalue weighted by atomic mass is 9.85. The van der Waals surface area contributed by atoms with Crippen molar-refractivity contribution in [2.45, 2.75) is 64.0 Å². The lowest BCUT2D eigenvalue weighted by Gasteiger charge is -2.31. The maximum atomic E-state index is 13.5. The minimum atomic E-state index is -0.734. The molecule has 1 saturated heterocycles. The average Bonchev–Trinajstić information content (AvgIpc) is 3.44. The van der Waals surface area contributed by atoms with E-state index in [0.717, 1.165) is 31.2 Å². The third kappa shape index (κ3) is 4.06. The van der Waals surface area contributed by atoms with Crippen molar-refractivity contribution in [1.29, 1.82) is 0 Å². The van der Waals surface area contributed by atoms with E-state index < -0.39 is 17.7 Å². The number of aliphatic hydroxyl groups excluding tert-OH is 1. The number of aliphatic hydroxyl groups is 1. The maximum absolute atomic E-state index is 13.5. The number of hydrogen-bond acceptors (Lipinski definition) is 5. The molecule has 1 saturated carbocycles. The average molecular weight is 464 g/mol. The van der Waals surface area contributed by atoms with Crippen molar-refractivity contribution in [3.63, 3.8) is 0 Å². The summed E-state index contributed by atoms with van der Waals surface area (Å²) in [7, 11) is 3.09. The highest BCUT2D eigenvalue weighted by Crippen LogP contribution is 2.46. The van der Waals surface area contributed by atoms with Crippen LogP contribution in [0, 0.1) is 0 Å². The Kier molecular flexibility index (Phi) is 6.43. The highest BCUT2D eigenvalue weighted by atomic mass is 16.5. The fourth-order valence-electron chi connectivity index (χ4n) is 5.11. The van der Waals surface area contributed by atoms with Crippen LogP contribution in [0.1, 0.15) is 69.2 Å². The summed E-state index contributed by atoms with van der Waals surface area (Å²) < 4.78 is 11.1. The summed E-state index contributed by atoms with van der Waals surface area (Å²) >= 11 is 0. The third-order valence-corrected chi connectivity index (χ3v) is 6.95. The summed E-state index contributed by atoms with van der Waals surface area (Å²) in [6.07, 6.45) is 3.69. The molecule has 0 radical (unpaired) electrons. The SMILES string of the molecule is COc1ccc(C(C)(C)C)cc1/C(O)=C1\C(=O)C(=O)N(C2CCCC2)C1c1ccccc1OC. The fraction of sp³-hybridized carbons (Fsp3) is 0.429. The van der Waals surface area contributed by atoms with Gasteiger partial charge in [0.2, 0.25) is 0 Å². The van der Waals surface area contributed by atoms with Crippen molar-refractivity contribution in [1.82, 2.24) is 4.90 Å². The molecule has 1 atom stereocenters. The fourth-order valence-corrected chi connectivity index (χ4v) is 5.11. The second kappa shape index (κ2) is 9.16.